The fourth-order valence-electron chi connectivity index (χ4n) is 4.56. The minimum Gasteiger partial charge on any atom is -0.322 e. The van der Waals surface area contributed by atoms with Crippen molar-refractivity contribution in [1.29, 1.82) is 0 Å². The second-order valence-electron chi connectivity index (χ2n) is 8.34. The van der Waals surface area contributed by atoms with Crippen LogP contribution < -0.4 is 0 Å². The maximum Gasteiger partial charge on any atom is 0.105 e. The SMILES string of the molecule is C[N+]1(Cc2ccccc2C[N+]2(C)CCCCC2)CCCCC1. The molecule has 0 N–H and O–H groups in total. The molecule has 0 bridgehead atoms. The Bertz CT molecular complexity index is 437. The Morgan fingerprint density at radius 1 is 0.636 bits per heavy atom. The zero-order valence-corrected chi connectivity index (χ0v) is 14.7. The van der Waals surface area contributed by atoms with Crippen molar-refractivity contribution in [3.63, 3.8) is 0 Å². The van der Waals surface area contributed by atoms with Crippen LogP contribution in [0.4, 0.5) is 0 Å². The Morgan fingerprint density at radius 2 is 1.00 bits per heavy atom. The summed E-state index contributed by atoms with van der Waals surface area (Å²) in [7, 11) is 4.93. The molecule has 1 aromatic carbocycles. The van der Waals surface area contributed by atoms with Crippen LogP contribution in [-0.2, 0) is 13.1 Å². The van der Waals surface area contributed by atoms with Crippen LogP contribution >= 0.6 is 0 Å². The molecule has 0 aromatic heterocycles. The fourth-order valence-corrected chi connectivity index (χ4v) is 4.56. The maximum absolute atomic E-state index is 2.47. The van der Waals surface area contributed by atoms with E-state index in [1.165, 1.54) is 86.8 Å². The molecule has 2 heterocycles. The van der Waals surface area contributed by atoms with Gasteiger partial charge in [0.05, 0.1) is 40.3 Å². The smallest absolute Gasteiger partial charge is 0.105 e. The number of likely N-dealkylation sites (tertiary alicyclic amines) is 2. The van der Waals surface area contributed by atoms with Gasteiger partial charge in [-0.1, -0.05) is 24.3 Å². The zero-order chi connectivity index (χ0) is 15.5. The van der Waals surface area contributed by atoms with Gasteiger partial charge in [-0.15, -0.1) is 0 Å². The monoisotopic (exact) mass is 302 g/mol. The highest BCUT2D eigenvalue weighted by molar-refractivity contribution is 5.25. The average Bonchev–Trinajstić information content (AvgIpc) is 2.50. The highest BCUT2D eigenvalue weighted by Gasteiger charge is 2.29. The van der Waals surface area contributed by atoms with Crippen LogP contribution in [0.5, 0.6) is 0 Å². The van der Waals surface area contributed by atoms with Gasteiger partial charge < -0.3 is 8.97 Å². The Balaban J connectivity index is 1.74. The van der Waals surface area contributed by atoms with Crippen LogP contribution in [0, 0.1) is 0 Å². The van der Waals surface area contributed by atoms with Gasteiger partial charge in [0.15, 0.2) is 0 Å². The normalized spacial score (nSPS) is 24.1. The second-order valence-corrected chi connectivity index (χ2v) is 8.34. The molecule has 2 heteroatoms. The first-order chi connectivity index (χ1) is 10.6. The quantitative estimate of drug-likeness (QED) is 0.739. The van der Waals surface area contributed by atoms with Crippen molar-refractivity contribution in [1.82, 2.24) is 0 Å². The van der Waals surface area contributed by atoms with E-state index in [1.54, 1.807) is 11.1 Å². The van der Waals surface area contributed by atoms with Crippen molar-refractivity contribution in [3.05, 3.63) is 35.4 Å². The summed E-state index contributed by atoms with van der Waals surface area (Å²) in [4.78, 5) is 0. The highest BCUT2D eigenvalue weighted by atomic mass is 15.3. The van der Waals surface area contributed by atoms with Crippen molar-refractivity contribution in [2.24, 2.45) is 0 Å². The average molecular weight is 303 g/mol. The lowest BCUT2D eigenvalue weighted by Crippen LogP contribution is -2.48. The van der Waals surface area contributed by atoms with Gasteiger partial charge in [-0.2, -0.15) is 0 Å². The van der Waals surface area contributed by atoms with E-state index in [1.807, 2.05) is 0 Å². The van der Waals surface area contributed by atoms with E-state index in [-0.39, 0.29) is 0 Å². The predicted molar refractivity (Wildman–Crippen MR) is 93.4 cm³/mol. The largest absolute Gasteiger partial charge is 0.322 e. The first kappa shape index (κ1) is 16.0. The molecule has 0 aliphatic carbocycles. The molecule has 2 nitrogen and oxygen atoms in total. The number of benzene rings is 1. The minimum atomic E-state index is 1.23. The van der Waals surface area contributed by atoms with Crippen molar-refractivity contribution in [2.75, 3.05) is 40.3 Å². The van der Waals surface area contributed by atoms with Crippen LogP contribution in [0.2, 0.25) is 0 Å². The molecule has 2 aliphatic heterocycles. The van der Waals surface area contributed by atoms with Crippen LogP contribution in [0.3, 0.4) is 0 Å². The standard InChI is InChI=1S/C20H34N2/c1-21(13-7-3-8-14-21)17-19-11-5-6-12-20(19)18-22(2)15-9-4-10-16-22/h5-6,11-12H,3-4,7-10,13-18H2,1-2H3/q+2. The van der Waals surface area contributed by atoms with Gasteiger partial charge >= 0.3 is 0 Å². The lowest BCUT2D eigenvalue weighted by Gasteiger charge is -2.40. The van der Waals surface area contributed by atoms with Gasteiger partial charge in [-0.05, 0) is 38.5 Å². The molecule has 2 aliphatic rings. The number of hydrogen-bond donors (Lipinski definition) is 0. The molecule has 0 atom stereocenters. The van der Waals surface area contributed by atoms with Crippen LogP contribution in [0.25, 0.3) is 0 Å². The van der Waals surface area contributed by atoms with E-state index < -0.39 is 0 Å². The van der Waals surface area contributed by atoms with Crippen LogP contribution in [-0.4, -0.2) is 49.2 Å². The number of piperidine rings is 2. The predicted octanol–water partition coefficient (Wildman–Crippen LogP) is 3.95. The fraction of sp³-hybridized carbons (Fsp3) is 0.700. The van der Waals surface area contributed by atoms with Gasteiger partial charge in [0.1, 0.15) is 13.1 Å². The third kappa shape index (κ3) is 3.91. The van der Waals surface area contributed by atoms with Crippen molar-refractivity contribution < 1.29 is 8.97 Å². The van der Waals surface area contributed by atoms with E-state index in [0.29, 0.717) is 0 Å². The molecule has 0 amide bonds. The molecule has 2 fully saturated rings. The number of quaternary nitrogens is 2. The summed E-state index contributed by atoms with van der Waals surface area (Å²) in [5, 5.41) is 0. The Kier molecular flexibility index (Phi) is 4.89. The minimum absolute atomic E-state index is 1.23. The molecular weight excluding hydrogens is 268 g/mol. The summed E-state index contributed by atoms with van der Waals surface area (Å²) < 4.78 is 2.50. The topological polar surface area (TPSA) is 0 Å². The molecule has 0 saturated carbocycles. The van der Waals surface area contributed by atoms with E-state index in [0.717, 1.165) is 0 Å². The summed E-state index contributed by atoms with van der Waals surface area (Å²) in [5.74, 6) is 0. The number of rotatable bonds is 4. The van der Waals surface area contributed by atoms with Crippen molar-refractivity contribution >= 4 is 0 Å². The Labute approximate surface area is 136 Å². The molecule has 1 aromatic rings. The molecule has 122 valence electrons. The van der Waals surface area contributed by atoms with Gasteiger partial charge in [0.2, 0.25) is 0 Å². The first-order valence-electron chi connectivity index (χ1n) is 9.33. The van der Waals surface area contributed by atoms with Crippen LogP contribution in [0.1, 0.15) is 49.7 Å². The Morgan fingerprint density at radius 3 is 1.36 bits per heavy atom. The van der Waals surface area contributed by atoms with Gasteiger partial charge in [0.25, 0.3) is 0 Å². The summed E-state index contributed by atoms with van der Waals surface area (Å²) in [6, 6.07) is 9.27. The van der Waals surface area contributed by atoms with Crippen LogP contribution in [0.15, 0.2) is 24.3 Å². The van der Waals surface area contributed by atoms with Crippen molar-refractivity contribution in [2.45, 2.75) is 51.6 Å². The van der Waals surface area contributed by atoms with E-state index >= 15 is 0 Å². The number of nitrogens with zero attached hydrogens (tertiary/aromatic N) is 2. The van der Waals surface area contributed by atoms with E-state index in [9.17, 15) is 0 Å². The summed E-state index contributed by atoms with van der Waals surface area (Å²) >= 11 is 0. The lowest BCUT2D eigenvalue weighted by molar-refractivity contribution is -0.930. The molecule has 3 rings (SSSR count). The molecule has 22 heavy (non-hydrogen) atoms. The van der Waals surface area contributed by atoms with Gasteiger partial charge in [-0.25, -0.2) is 0 Å². The highest BCUT2D eigenvalue weighted by Crippen LogP contribution is 2.26. The first-order valence-corrected chi connectivity index (χ1v) is 9.33. The van der Waals surface area contributed by atoms with E-state index in [4.69, 9.17) is 0 Å². The molecule has 0 spiro atoms. The van der Waals surface area contributed by atoms with Crippen molar-refractivity contribution in [3.8, 4) is 0 Å². The third-order valence-electron chi connectivity index (χ3n) is 6.01. The number of hydrogen-bond acceptors (Lipinski definition) is 0. The van der Waals surface area contributed by atoms with E-state index in [2.05, 4.69) is 38.4 Å². The summed E-state index contributed by atoms with van der Waals surface area (Å²) in [5.41, 5.74) is 3.22. The molecular formula is C20H34N2+2. The zero-order valence-electron chi connectivity index (χ0n) is 14.7. The molecule has 0 radical (unpaired) electrons. The second kappa shape index (κ2) is 6.72. The summed E-state index contributed by atoms with van der Waals surface area (Å²) in [6.45, 7) is 7.91. The Hall–Kier alpha value is -0.860. The third-order valence-corrected chi connectivity index (χ3v) is 6.01. The summed E-state index contributed by atoms with van der Waals surface area (Å²) in [6.07, 6.45) is 8.51. The maximum atomic E-state index is 2.47. The van der Waals surface area contributed by atoms with Gasteiger partial charge in [-0.3, -0.25) is 0 Å². The van der Waals surface area contributed by atoms with Gasteiger partial charge in [0, 0.05) is 11.1 Å². The molecule has 0 unspecified atom stereocenters. The molecule has 2 saturated heterocycles. The lowest BCUT2D eigenvalue weighted by atomic mass is 10.0.